The summed E-state index contributed by atoms with van der Waals surface area (Å²) in [6.07, 6.45) is -1.46. The van der Waals surface area contributed by atoms with Gasteiger partial charge in [-0.2, -0.15) is 0 Å². The molecule has 3 nitrogen and oxygen atoms in total. The number of carboxylic acid groups (broad SMARTS) is 1. The second-order valence-corrected chi connectivity index (χ2v) is 4.82. The number of halogens is 2. The second-order valence-electron chi connectivity index (χ2n) is 2.89. The minimum Gasteiger partial charge on any atom is -0.479 e. The average molecular weight is 371 g/mol. The van der Waals surface area contributed by atoms with E-state index >= 15 is 0 Å². The molecule has 0 spiro atoms. The monoisotopic (exact) mass is 370 g/mol. The van der Waals surface area contributed by atoms with E-state index in [1.807, 2.05) is 35.6 Å². The lowest BCUT2D eigenvalue weighted by molar-refractivity contribution is -0.147. The summed E-state index contributed by atoms with van der Waals surface area (Å²) >= 11 is 5.30. The first-order chi connectivity index (χ1) is 6.43. The highest BCUT2D eigenvalue weighted by molar-refractivity contribution is 14.1. The lowest BCUT2D eigenvalue weighted by Crippen LogP contribution is -2.12. The van der Waals surface area contributed by atoms with Gasteiger partial charge in [0.05, 0.1) is 0 Å². The van der Waals surface area contributed by atoms with E-state index in [4.69, 9.17) is 5.11 Å². The van der Waals surface area contributed by atoms with Gasteiger partial charge in [-0.25, -0.2) is 4.79 Å². The van der Waals surface area contributed by atoms with Crippen molar-refractivity contribution in [1.29, 1.82) is 0 Å². The van der Waals surface area contributed by atoms with Gasteiger partial charge in [-0.05, 0) is 57.1 Å². The maximum absolute atomic E-state index is 10.6. The zero-order chi connectivity index (χ0) is 10.9. The van der Waals surface area contributed by atoms with Gasteiger partial charge in [0.1, 0.15) is 0 Å². The molecule has 0 aromatic heterocycles. The predicted molar refractivity (Wildman–Crippen MR) is 64.2 cm³/mol. The molecule has 0 heterocycles. The Bertz CT molecular complexity index is 379. The van der Waals surface area contributed by atoms with Crippen LogP contribution in [0.15, 0.2) is 16.6 Å². The van der Waals surface area contributed by atoms with Crippen LogP contribution in [0.25, 0.3) is 0 Å². The van der Waals surface area contributed by atoms with Crippen molar-refractivity contribution < 1.29 is 15.0 Å². The maximum atomic E-state index is 10.6. The number of aryl methyl sites for hydroxylation is 1. The Morgan fingerprint density at radius 1 is 1.57 bits per heavy atom. The zero-order valence-corrected chi connectivity index (χ0v) is 11.0. The molecule has 1 atom stereocenters. The van der Waals surface area contributed by atoms with Crippen LogP contribution in [0.3, 0.4) is 0 Å². The van der Waals surface area contributed by atoms with Gasteiger partial charge in [0.2, 0.25) is 0 Å². The largest absolute Gasteiger partial charge is 0.479 e. The van der Waals surface area contributed by atoms with Crippen molar-refractivity contribution >= 4 is 44.5 Å². The van der Waals surface area contributed by atoms with Crippen LogP contribution < -0.4 is 0 Å². The minimum absolute atomic E-state index is 0.421. The number of aliphatic hydroxyl groups excluding tert-OH is 1. The normalized spacial score (nSPS) is 12.6. The summed E-state index contributed by atoms with van der Waals surface area (Å²) in [6, 6.07) is 3.55. The number of aliphatic hydroxyl groups is 1. The number of rotatable bonds is 2. The summed E-state index contributed by atoms with van der Waals surface area (Å²) in [4.78, 5) is 10.6. The molecule has 1 aromatic rings. The van der Waals surface area contributed by atoms with E-state index in [0.717, 1.165) is 13.6 Å². The lowest BCUT2D eigenvalue weighted by Gasteiger charge is -2.10. The average Bonchev–Trinajstić information content (AvgIpc) is 2.09. The van der Waals surface area contributed by atoms with Crippen molar-refractivity contribution in [3.8, 4) is 0 Å². The van der Waals surface area contributed by atoms with E-state index in [0.29, 0.717) is 5.56 Å². The van der Waals surface area contributed by atoms with E-state index < -0.39 is 12.1 Å². The molecule has 14 heavy (non-hydrogen) atoms. The van der Waals surface area contributed by atoms with Crippen LogP contribution in [0.1, 0.15) is 17.2 Å². The van der Waals surface area contributed by atoms with E-state index in [1.54, 1.807) is 6.07 Å². The Hall–Kier alpha value is -0.140. The SMILES string of the molecule is Cc1cc(Br)c(I)c(C(O)C(=O)O)c1. The maximum Gasteiger partial charge on any atom is 0.337 e. The van der Waals surface area contributed by atoms with Crippen molar-refractivity contribution in [2.45, 2.75) is 13.0 Å². The van der Waals surface area contributed by atoms with E-state index in [2.05, 4.69) is 15.9 Å². The van der Waals surface area contributed by atoms with Gasteiger partial charge in [-0.1, -0.05) is 6.07 Å². The van der Waals surface area contributed by atoms with Crippen LogP contribution in [0.4, 0.5) is 0 Å². The molecule has 5 heteroatoms. The summed E-state index contributed by atoms with van der Waals surface area (Å²) < 4.78 is 1.52. The molecule has 0 aliphatic heterocycles. The molecule has 0 radical (unpaired) electrons. The van der Waals surface area contributed by atoms with Crippen molar-refractivity contribution in [3.05, 3.63) is 31.3 Å². The fourth-order valence-corrected chi connectivity index (χ4v) is 2.28. The van der Waals surface area contributed by atoms with Crippen molar-refractivity contribution in [1.82, 2.24) is 0 Å². The third-order valence-electron chi connectivity index (χ3n) is 1.73. The molecule has 0 aliphatic rings. The molecular formula is C9H8BrIO3. The number of hydrogen-bond acceptors (Lipinski definition) is 2. The van der Waals surface area contributed by atoms with Gasteiger partial charge < -0.3 is 10.2 Å². The predicted octanol–water partition coefficient (Wildman–Crippen LogP) is 2.48. The Balaban J connectivity index is 3.26. The summed E-state index contributed by atoms with van der Waals surface area (Å²) in [5.41, 5.74) is 1.33. The Morgan fingerprint density at radius 2 is 2.14 bits per heavy atom. The third kappa shape index (κ3) is 2.46. The molecule has 0 aliphatic carbocycles. The van der Waals surface area contributed by atoms with Gasteiger partial charge in [0.15, 0.2) is 6.10 Å². The highest BCUT2D eigenvalue weighted by atomic mass is 127. The molecule has 1 unspecified atom stereocenters. The Morgan fingerprint density at radius 3 is 2.64 bits per heavy atom. The summed E-state index contributed by atoms with van der Waals surface area (Å²) in [5, 5.41) is 18.1. The van der Waals surface area contributed by atoms with Crippen molar-refractivity contribution in [2.75, 3.05) is 0 Å². The first-order valence-electron chi connectivity index (χ1n) is 3.80. The van der Waals surface area contributed by atoms with Crippen LogP contribution in [0.5, 0.6) is 0 Å². The summed E-state index contributed by atoms with van der Waals surface area (Å²) in [5.74, 6) is -1.24. The molecule has 0 saturated heterocycles. The summed E-state index contributed by atoms with van der Waals surface area (Å²) in [6.45, 7) is 1.85. The van der Waals surface area contributed by atoms with Crippen LogP contribution in [-0.4, -0.2) is 16.2 Å². The van der Waals surface area contributed by atoms with Crippen LogP contribution in [-0.2, 0) is 4.79 Å². The molecule has 1 rings (SSSR count). The molecule has 1 aromatic carbocycles. The lowest BCUT2D eigenvalue weighted by atomic mass is 10.1. The van der Waals surface area contributed by atoms with Crippen LogP contribution >= 0.6 is 38.5 Å². The van der Waals surface area contributed by atoms with Crippen LogP contribution in [0.2, 0.25) is 0 Å². The Labute approximate surface area is 103 Å². The van der Waals surface area contributed by atoms with Gasteiger partial charge in [-0.3, -0.25) is 0 Å². The van der Waals surface area contributed by atoms with Crippen LogP contribution in [0, 0.1) is 10.5 Å². The van der Waals surface area contributed by atoms with E-state index in [9.17, 15) is 9.90 Å². The minimum atomic E-state index is -1.46. The number of carbonyl (C=O) groups is 1. The second kappa shape index (κ2) is 4.59. The van der Waals surface area contributed by atoms with Gasteiger partial charge in [-0.15, -0.1) is 0 Å². The highest BCUT2D eigenvalue weighted by Gasteiger charge is 2.20. The zero-order valence-electron chi connectivity index (χ0n) is 7.29. The van der Waals surface area contributed by atoms with E-state index in [1.165, 1.54) is 0 Å². The number of carboxylic acids is 1. The first-order valence-corrected chi connectivity index (χ1v) is 5.67. The molecule has 2 N–H and O–H groups in total. The van der Waals surface area contributed by atoms with Gasteiger partial charge >= 0.3 is 5.97 Å². The first kappa shape index (κ1) is 11.9. The van der Waals surface area contributed by atoms with Crippen molar-refractivity contribution in [3.63, 3.8) is 0 Å². The molecule has 0 saturated carbocycles. The molecule has 0 fully saturated rings. The van der Waals surface area contributed by atoms with Crippen molar-refractivity contribution in [2.24, 2.45) is 0 Å². The topological polar surface area (TPSA) is 57.5 Å². The fraction of sp³-hybridized carbons (Fsp3) is 0.222. The van der Waals surface area contributed by atoms with E-state index in [-0.39, 0.29) is 0 Å². The molecule has 0 bridgehead atoms. The Kier molecular flexibility index (Phi) is 3.91. The molecule has 76 valence electrons. The fourth-order valence-electron chi connectivity index (χ4n) is 1.08. The standard InChI is InChI=1S/C9H8BrIO3/c1-4-2-5(8(12)9(13)14)7(11)6(10)3-4/h2-3,8,12H,1H3,(H,13,14). The van der Waals surface area contributed by atoms with Gasteiger partial charge in [0, 0.05) is 13.6 Å². The quantitative estimate of drug-likeness (QED) is 0.786. The molecular weight excluding hydrogens is 363 g/mol. The smallest absolute Gasteiger partial charge is 0.337 e. The number of hydrogen-bond donors (Lipinski definition) is 2. The number of aliphatic carboxylic acids is 1. The third-order valence-corrected chi connectivity index (χ3v) is 4.30. The number of benzene rings is 1. The van der Waals surface area contributed by atoms with Gasteiger partial charge in [0.25, 0.3) is 0 Å². The summed E-state index contributed by atoms with van der Waals surface area (Å²) in [7, 11) is 0. The highest BCUT2D eigenvalue weighted by Crippen LogP contribution is 2.28. The molecule has 0 amide bonds.